The summed E-state index contributed by atoms with van der Waals surface area (Å²) in [6.45, 7) is 0. The number of rotatable bonds is 2. The highest BCUT2D eigenvalue weighted by atomic mass is 79.9. The fraction of sp³-hybridized carbons (Fsp3) is 0.100. The smallest absolute Gasteiger partial charge is 0.371 e. The number of hydrogen-bond donors (Lipinski definition) is 1. The van der Waals surface area contributed by atoms with Crippen molar-refractivity contribution in [2.45, 2.75) is 0 Å². The molecule has 0 amide bonds. The topological polar surface area (TPSA) is 59.7 Å². The van der Waals surface area contributed by atoms with Crippen molar-refractivity contribution >= 4 is 32.9 Å². The van der Waals surface area contributed by atoms with Gasteiger partial charge in [0.1, 0.15) is 0 Å². The van der Waals surface area contributed by atoms with Crippen molar-refractivity contribution in [1.82, 2.24) is 0 Å². The lowest BCUT2D eigenvalue weighted by atomic mass is 10.2. The molecule has 1 heterocycles. The molecule has 0 radical (unpaired) electrons. The van der Waals surface area contributed by atoms with Gasteiger partial charge in [-0.05, 0) is 12.1 Å². The van der Waals surface area contributed by atoms with Crippen LogP contribution in [0.25, 0.3) is 11.0 Å². The third-order valence-electron chi connectivity index (χ3n) is 2.02. The highest BCUT2D eigenvalue weighted by Gasteiger charge is 2.15. The van der Waals surface area contributed by atoms with Gasteiger partial charge in [-0.15, -0.1) is 0 Å². The van der Waals surface area contributed by atoms with Crippen LogP contribution < -0.4 is 4.74 Å². The first kappa shape index (κ1) is 10.0. The summed E-state index contributed by atoms with van der Waals surface area (Å²) in [6, 6.07) is 4.95. The van der Waals surface area contributed by atoms with Crippen molar-refractivity contribution in [3.05, 3.63) is 28.4 Å². The van der Waals surface area contributed by atoms with E-state index in [1.807, 2.05) is 0 Å². The second-order valence-corrected chi connectivity index (χ2v) is 3.76. The summed E-state index contributed by atoms with van der Waals surface area (Å²) in [5.74, 6) is -0.684. The summed E-state index contributed by atoms with van der Waals surface area (Å²) in [7, 11) is 1.51. The minimum atomic E-state index is -1.10. The Morgan fingerprint density at radius 1 is 1.53 bits per heavy atom. The Hall–Kier alpha value is -1.49. The van der Waals surface area contributed by atoms with Gasteiger partial charge in [0, 0.05) is 15.9 Å². The van der Waals surface area contributed by atoms with Gasteiger partial charge in [-0.3, -0.25) is 0 Å². The van der Waals surface area contributed by atoms with Crippen molar-refractivity contribution < 1.29 is 19.1 Å². The molecule has 0 aliphatic carbocycles. The maximum atomic E-state index is 10.7. The van der Waals surface area contributed by atoms with Crippen LogP contribution in [0.2, 0.25) is 0 Å². The Balaban J connectivity index is 2.77. The Labute approximate surface area is 93.6 Å². The second-order valence-electron chi connectivity index (χ2n) is 2.91. The number of furan rings is 1. The van der Waals surface area contributed by atoms with Crippen molar-refractivity contribution in [2.75, 3.05) is 7.11 Å². The van der Waals surface area contributed by atoms with E-state index in [0.717, 1.165) is 4.47 Å². The number of fused-ring (bicyclic) bond motifs is 1. The fourth-order valence-corrected chi connectivity index (χ4v) is 1.76. The van der Waals surface area contributed by atoms with E-state index in [9.17, 15) is 4.79 Å². The lowest BCUT2D eigenvalue weighted by Gasteiger charge is -2.00. The van der Waals surface area contributed by atoms with E-state index >= 15 is 0 Å². The van der Waals surface area contributed by atoms with Crippen molar-refractivity contribution in [1.29, 1.82) is 0 Å². The van der Waals surface area contributed by atoms with Crippen LogP contribution in [-0.2, 0) is 0 Å². The van der Waals surface area contributed by atoms with Gasteiger partial charge < -0.3 is 14.3 Å². The minimum Gasteiger partial charge on any atom is -0.493 e. The van der Waals surface area contributed by atoms with Gasteiger partial charge in [0.2, 0.25) is 5.76 Å². The number of benzene rings is 1. The Morgan fingerprint density at radius 3 is 2.87 bits per heavy atom. The molecule has 0 fully saturated rings. The Kier molecular flexibility index (Phi) is 2.40. The number of carboxylic acids is 1. The molecule has 1 aromatic carbocycles. The number of aromatic carboxylic acids is 1. The third kappa shape index (κ3) is 1.59. The number of halogens is 1. The molecule has 1 aromatic heterocycles. The maximum Gasteiger partial charge on any atom is 0.371 e. The normalized spacial score (nSPS) is 10.5. The Morgan fingerprint density at radius 2 is 2.27 bits per heavy atom. The SMILES string of the molecule is COc1ccc(Br)c2cc(C(=O)O)oc12. The van der Waals surface area contributed by atoms with E-state index in [-0.39, 0.29) is 5.76 Å². The molecule has 5 heteroatoms. The third-order valence-corrected chi connectivity index (χ3v) is 2.72. The molecule has 2 rings (SSSR count). The number of carbonyl (C=O) groups is 1. The van der Waals surface area contributed by atoms with Crippen LogP contribution in [0.5, 0.6) is 5.75 Å². The maximum absolute atomic E-state index is 10.7. The van der Waals surface area contributed by atoms with E-state index in [4.69, 9.17) is 14.3 Å². The number of carboxylic acid groups (broad SMARTS) is 1. The predicted molar refractivity (Wildman–Crippen MR) is 57.4 cm³/mol. The summed E-state index contributed by atoms with van der Waals surface area (Å²) in [6.07, 6.45) is 0. The summed E-state index contributed by atoms with van der Waals surface area (Å²) in [5.41, 5.74) is 0.435. The van der Waals surface area contributed by atoms with E-state index in [1.165, 1.54) is 13.2 Å². The van der Waals surface area contributed by atoms with Crippen LogP contribution in [0.15, 0.2) is 27.1 Å². The summed E-state index contributed by atoms with van der Waals surface area (Å²) in [5, 5.41) is 9.48. The summed E-state index contributed by atoms with van der Waals surface area (Å²) >= 11 is 3.31. The highest BCUT2D eigenvalue weighted by molar-refractivity contribution is 9.10. The molecular weight excluding hydrogens is 264 g/mol. The number of methoxy groups -OCH3 is 1. The van der Waals surface area contributed by atoms with Gasteiger partial charge in [-0.25, -0.2) is 4.79 Å². The van der Waals surface area contributed by atoms with E-state index < -0.39 is 5.97 Å². The average molecular weight is 271 g/mol. The average Bonchev–Trinajstić information content (AvgIpc) is 2.64. The first-order chi connectivity index (χ1) is 7.13. The molecule has 1 N–H and O–H groups in total. The molecule has 2 aromatic rings. The molecule has 78 valence electrons. The van der Waals surface area contributed by atoms with Gasteiger partial charge in [0.05, 0.1) is 7.11 Å². The van der Waals surface area contributed by atoms with Gasteiger partial charge in [0.25, 0.3) is 0 Å². The lowest BCUT2D eigenvalue weighted by Crippen LogP contribution is -1.91. The first-order valence-corrected chi connectivity index (χ1v) is 4.92. The second kappa shape index (κ2) is 3.58. The lowest BCUT2D eigenvalue weighted by molar-refractivity contribution is 0.0665. The molecule has 0 atom stereocenters. The van der Waals surface area contributed by atoms with Gasteiger partial charge in [0.15, 0.2) is 11.3 Å². The largest absolute Gasteiger partial charge is 0.493 e. The highest BCUT2D eigenvalue weighted by Crippen LogP contribution is 2.34. The Bertz CT molecular complexity index is 529. The van der Waals surface area contributed by atoms with E-state index in [1.54, 1.807) is 12.1 Å². The quantitative estimate of drug-likeness (QED) is 0.912. The van der Waals surface area contributed by atoms with Gasteiger partial charge in [-0.1, -0.05) is 15.9 Å². The van der Waals surface area contributed by atoms with Crippen LogP contribution in [-0.4, -0.2) is 18.2 Å². The molecule has 0 aliphatic heterocycles. The molecule has 4 nitrogen and oxygen atoms in total. The number of ether oxygens (including phenoxy) is 1. The number of hydrogen-bond acceptors (Lipinski definition) is 3. The zero-order chi connectivity index (χ0) is 11.0. The van der Waals surface area contributed by atoms with Crippen molar-refractivity contribution in [3.8, 4) is 5.75 Å². The molecule has 0 bridgehead atoms. The zero-order valence-electron chi connectivity index (χ0n) is 7.78. The predicted octanol–water partition coefficient (Wildman–Crippen LogP) is 2.90. The van der Waals surface area contributed by atoms with Crippen LogP contribution in [0.1, 0.15) is 10.6 Å². The standard InChI is InChI=1S/C10H7BrO4/c1-14-7-3-2-6(11)5-4-8(10(12)13)15-9(5)7/h2-4H,1H3,(H,12,13). The molecule has 0 spiro atoms. The molecule has 0 saturated heterocycles. The molecule has 0 aliphatic rings. The minimum absolute atomic E-state index is 0.102. The zero-order valence-corrected chi connectivity index (χ0v) is 9.37. The fourth-order valence-electron chi connectivity index (χ4n) is 1.33. The van der Waals surface area contributed by atoms with Crippen molar-refractivity contribution in [3.63, 3.8) is 0 Å². The van der Waals surface area contributed by atoms with E-state index in [0.29, 0.717) is 16.7 Å². The molecular formula is C10H7BrO4. The summed E-state index contributed by atoms with van der Waals surface area (Å²) < 4.78 is 11.0. The first-order valence-electron chi connectivity index (χ1n) is 4.13. The van der Waals surface area contributed by atoms with Crippen LogP contribution in [0, 0.1) is 0 Å². The monoisotopic (exact) mass is 270 g/mol. The summed E-state index contributed by atoms with van der Waals surface area (Å²) in [4.78, 5) is 10.7. The molecule has 0 unspecified atom stereocenters. The van der Waals surface area contributed by atoms with Crippen LogP contribution in [0.3, 0.4) is 0 Å². The van der Waals surface area contributed by atoms with Gasteiger partial charge >= 0.3 is 5.97 Å². The van der Waals surface area contributed by atoms with Crippen LogP contribution in [0.4, 0.5) is 0 Å². The molecule has 0 saturated carbocycles. The van der Waals surface area contributed by atoms with E-state index in [2.05, 4.69) is 15.9 Å². The van der Waals surface area contributed by atoms with Gasteiger partial charge in [-0.2, -0.15) is 0 Å². The van der Waals surface area contributed by atoms with Crippen LogP contribution >= 0.6 is 15.9 Å². The van der Waals surface area contributed by atoms with Crippen molar-refractivity contribution in [2.24, 2.45) is 0 Å². The molecule has 15 heavy (non-hydrogen) atoms.